The normalized spacial score (nSPS) is 31.8. The molecule has 0 spiro atoms. The van der Waals surface area contributed by atoms with Gasteiger partial charge >= 0.3 is 0 Å². The summed E-state index contributed by atoms with van der Waals surface area (Å²) in [6.45, 7) is 0. The van der Waals surface area contributed by atoms with Gasteiger partial charge in [0.15, 0.2) is 17.4 Å². The van der Waals surface area contributed by atoms with Gasteiger partial charge < -0.3 is 20.7 Å². The lowest BCUT2D eigenvalue weighted by atomic mass is 9.83. The number of rotatable bonds is 2. The number of aromatic amines is 1. The lowest BCUT2D eigenvalue weighted by Crippen LogP contribution is -2.36. The zero-order valence-electron chi connectivity index (χ0n) is 13.1. The van der Waals surface area contributed by atoms with Crippen LogP contribution in [0, 0.1) is 5.92 Å². The van der Waals surface area contributed by atoms with Crippen LogP contribution in [-0.4, -0.2) is 48.0 Å². The highest BCUT2D eigenvalue weighted by Gasteiger charge is 2.47. The van der Waals surface area contributed by atoms with Gasteiger partial charge in [-0.1, -0.05) is 19.3 Å². The summed E-state index contributed by atoms with van der Waals surface area (Å²) in [5, 5.41) is 20.9. The third-order valence-corrected chi connectivity index (χ3v) is 5.11. The van der Waals surface area contributed by atoms with E-state index in [0.717, 1.165) is 25.7 Å². The number of anilines is 1. The Kier molecular flexibility index (Phi) is 3.78. The largest absolute Gasteiger partial charge is 0.388 e. The fourth-order valence-electron chi connectivity index (χ4n) is 3.90. The Morgan fingerprint density at radius 1 is 1.25 bits per heavy atom. The van der Waals surface area contributed by atoms with Crippen LogP contribution in [0.3, 0.4) is 0 Å². The molecule has 0 amide bonds. The van der Waals surface area contributed by atoms with Crippen LogP contribution in [0.4, 0.5) is 5.95 Å². The zero-order chi connectivity index (χ0) is 16.8. The summed E-state index contributed by atoms with van der Waals surface area (Å²) >= 11 is 0. The maximum Gasteiger partial charge on any atom is 0.280 e. The van der Waals surface area contributed by atoms with Crippen molar-refractivity contribution in [1.29, 1.82) is 0 Å². The average Bonchev–Trinajstić information content (AvgIpc) is 3.11. The van der Waals surface area contributed by atoms with E-state index in [4.69, 9.17) is 10.5 Å². The Labute approximate surface area is 137 Å². The van der Waals surface area contributed by atoms with Crippen molar-refractivity contribution < 1.29 is 14.9 Å². The summed E-state index contributed by atoms with van der Waals surface area (Å²) in [6.07, 6.45) is 3.41. The molecular weight excluding hydrogens is 314 g/mol. The van der Waals surface area contributed by atoms with Crippen molar-refractivity contribution in [1.82, 2.24) is 19.5 Å². The van der Waals surface area contributed by atoms with E-state index < -0.39 is 30.1 Å². The van der Waals surface area contributed by atoms with Gasteiger partial charge in [-0.15, -0.1) is 0 Å². The molecule has 2 aliphatic rings. The van der Waals surface area contributed by atoms with Crippen molar-refractivity contribution >= 4 is 17.1 Å². The molecule has 1 aliphatic carbocycles. The number of aliphatic hydroxyl groups is 2. The van der Waals surface area contributed by atoms with E-state index in [9.17, 15) is 15.0 Å². The molecule has 9 nitrogen and oxygen atoms in total. The summed E-state index contributed by atoms with van der Waals surface area (Å²) in [7, 11) is 0. The van der Waals surface area contributed by atoms with Crippen molar-refractivity contribution in [2.75, 3.05) is 5.73 Å². The number of imidazole rings is 1. The highest BCUT2D eigenvalue weighted by Crippen LogP contribution is 2.39. The fourth-order valence-corrected chi connectivity index (χ4v) is 3.90. The number of nitrogens with two attached hydrogens (primary N) is 1. The van der Waals surface area contributed by atoms with E-state index in [1.54, 1.807) is 0 Å². The first-order valence-electron chi connectivity index (χ1n) is 8.30. The number of hydrogen-bond acceptors (Lipinski definition) is 7. The molecule has 9 heteroatoms. The summed E-state index contributed by atoms with van der Waals surface area (Å²) < 4.78 is 7.46. The Morgan fingerprint density at radius 2 is 2.00 bits per heavy atom. The van der Waals surface area contributed by atoms with Gasteiger partial charge in [-0.05, 0) is 18.8 Å². The van der Waals surface area contributed by atoms with E-state index in [1.165, 1.54) is 17.3 Å². The zero-order valence-corrected chi connectivity index (χ0v) is 13.1. The van der Waals surface area contributed by atoms with Crippen LogP contribution in [0.5, 0.6) is 0 Å². The average molecular weight is 335 g/mol. The van der Waals surface area contributed by atoms with E-state index >= 15 is 0 Å². The number of ether oxygens (including phenoxy) is 1. The number of nitrogen functional groups attached to an aromatic ring is 1. The first-order chi connectivity index (χ1) is 11.6. The smallest absolute Gasteiger partial charge is 0.280 e. The third kappa shape index (κ3) is 2.40. The SMILES string of the molecule is Nc1nc2c(ncn2C2OC(C3CCCCC3)C(O)C2O)c(=O)[nH]1. The van der Waals surface area contributed by atoms with Crippen LogP contribution in [0.25, 0.3) is 11.2 Å². The first kappa shape index (κ1) is 15.6. The highest BCUT2D eigenvalue weighted by atomic mass is 16.6. The van der Waals surface area contributed by atoms with Crippen LogP contribution in [-0.2, 0) is 4.74 Å². The van der Waals surface area contributed by atoms with Gasteiger partial charge in [0.25, 0.3) is 5.56 Å². The molecule has 5 N–H and O–H groups in total. The van der Waals surface area contributed by atoms with Crippen molar-refractivity contribution in [3.8, 4) is 0 Å². The van der Waals surface area contributed by atoms with Gasteiger partial charge in [0.1, 0.15) is 12.2 Å². The molecule has 2 aromatic rings. The van der Waals surface area contributed by atoms with Crippen LogP contribution >= 0.6 is 0 Å². The maximum absolute atomic E-state index is 11.9. The molecule has 1 saturated heterocycles. The molecule has 0 aromatic carbocycles. The van der Waals surface area contributed by atoms with Crippen LogP contribution in [0.2, 0.25) is 0 Å². The minimum absolute atomic E-state index is 0.0360. The molecule has 4 atom stereocenters. The number of aromatic nitrogens is 4. The van der Waals surface area contributed by atoms with Crippen molar-refractivity contribution in [3.05, 3.63) is 16.7 Å². The van der Waals surface area contributed by atoms with E-state index in [0.29, 0.717) is 0 Å². The van der Waals surface area contributed by atoms with Gasteiger partial charge in [-0.3, -0.25) is 14.3 Å². The Morgan fingerprint density at radius 3 is 2.75 bits per heavy atom. The van der Waals surface area contributed by atoms with Gasteiger partial charge in [-0.25, -0.2) is 4.98 Å². The molecule has 1 aliphatic heterocycles. The van der Waals surface area contributed by atoms with Gasteiger partial charge in [0, 0.05) is 0 Å². The summed E-state index contributed by atoms with van der Waals surface area (Å²) in [5.41, 5.74) is 5.50. The number of fused-ring (bicyclic) bond motifs is 1. The molecule has 24 heavy (non-hydrogen) atoms. The van der Waals surface area contributed by atoms with Crippen LogP contribution in [0.1, 0.15) is 38.3 Å². The van der Waals surface area contributed by atoms with Gasteiger partial charge in [0.05, 0.1) is 12.4 Å². The minimum Gasteiger partial charge on any atom is -0.388 e. The Hall–Kier alpha value is -1.97. The van der Waals surface area contributed by atoms with Gasteiger partial charge in [0.2, 0.25) is 5.95 Å². The number of hydrogen-bond donors (Lipinski definition) is 4. The summed E-state index contributed by atoms with van der Waals surface area (Å²) in [4.78, 5) is 22.4. The number of nitrogens with zero attached hydrogens (tertiary/aromatic N) is 3. The topological polar surface area (TPSA) is 139 Å². The van der Waals surface area contributed by atoms with E-state index in [2.05, 4.69) is 15.0 Å². The second-order valence-corrected chi connectivity index (χ2v) is 6.65. The van der Waals surface area contributed by atoms with Crippen molar-refractivity contribution in [3.63, 3.8) is 0 Å². The molecule has 2 aromatic heterocycles. The first-order valence-corrected chi connectivity index (χ1v) is 8.30. The second kappa shape index (κ2) is 5.83. The lowest BCUT2D eigenvalue weighted by molar-refractivity contribution is -0.0610. The molecule has 4 rings (SSSR count). The van der Waals surface area contributed by atoms with Gasteiger partial charge in [-0.2, -0.15) is 4.98 Å². The monoisotopic (exact) mass is 335 g/mol. The predicted molar refractivity (Wildman–Crippen MR) is 85.1 cm³/mol. The highest BCUT2D eigenvalue weighted by molar-refractivity contribution is 5.70. The lowest BCUT2D eigenvalue weighted by Gasteiger charge is -2.28. The Balaban J connectivity index is 1.68. The molecule has 3 heterocycles. The molecular formula is C15H21N5O4. The van der Waals surface area contributed by atoms with Crippen molar-refractivity contribution in [2.45, 2.75) is 56.6 Å². The summed E-state index contributed by atoms with van der Waals surface area (Å²) in [6, 6.07) is 0. The Bertz CT molecular complexity index is 797. The molecule has 1 saturated carbocycles. The minimum atomic E-state index is -1.11. The summed E-state index contributed by atoms with van der Waals surface area (Å²) in [5.74, 6) is 0.190. The number of aliphatic hydroxyl groups excluding tert-OH is 2. The van der Waals surface area contributed by atoms with E-state index in [1.807, 2.05) is 0 Å². The number of nitrogens with one attached hydrogen (secondary N) is 1. The molecule has 4 unspecified atom stereocenters. The quantitative estimate of drug-likeness (QED) is 0.601. The predicted octanol–water partition coefficient (Wildman–Crippen LogP) is -0.0987. The third-order valence-electron chi connectivity index (χ3n) is 5.11. The molecule has 130 valence electrons. The molecule has 2 fully saturated rings. The number of H-pyrrole nitrogens is 1. The van der Waals surface area contributed by atoms with Crippen LogP contribution < -0.4 is 11.3 Å². The fraction of sp³-hybridized carbons (Fsp3) is 0.667. The van der Waals surface area contributed by atoms with Crippen molar-refractivity contribution in [2.24, 2.45) is 5.92 Å². The standard InChI is InChI=1S/C15H21N5O4/c16-15-18-12-8(13(23)19-15)17-6-20(12)14-10(22)9(21)11(24-14)7-4-2-1-3-5-7/h6-7,9-11,14,21-22H,1-5H2,(H3,16,18,19,23). The second-order valence-electron chi connectivity index (χ2n) is 6.65. The maximum atomic E-state index is 11.9. The van der Waals surface area contributed by atoms with E-state index in [-0.39, 0.29) is 23.0 Å². The molecule has 0 bridgehead atoms. The van der Waals surface area contributed by atoms with Crippen LogP contribution in [0.15, 0.2) is 11.1 Å². The molecule has 0 radical (unpaired) electrons.